The molecule has 1 rings (SSSR count). The van der Waals surface area contributed by atoms with E-state index in [0.29, 0.717) is 0 Å². The number of hydrogen-bond acceptors (Lipinski definition) is 3. The largest absolute Gasteiger partial charge is 0.139 e. The summed E-state index contributed by atoms with van der Waals surface area (Å²) >= 11 is 0. The van der Waals surface area contributed by atoms with Gasteiger partial charge in [-0.05, 0) is 17.2 Å². The molecule has 0 aromatic carbocycles. The normalized spacial score (nSPS) is 7.64. The molecule has 0 atom stereocenters. The van der Waals surface area contributed by atoms with Crippen LogP contribution >= 0.6 is 0 Å². The number of hydrogen-bond donors (Lipinski definition) is 0. The maximum atomic E-state index is 3.42. The summed E-state index contributed by atoms with van der Waals surface area (Å²) in [5, 5.41) is 10.1. The molecule has 64 valence electrons. The lowest BCUT2D eigenvalue weighted by atomic mass is 10.3. The van der Waals surface area contributed by atoms with Crippen LogP contribution in [-0.2, 0) is 0 Å². The van der Waals surface area contributed by atoms with Gasteiger partial charge in [-0.3, -0.25) is 0 Å². The Morgan fingerprint density at radius 2 is 1.36 bits per heavy atom. The molecular formula is C8H17N3. The van der Waals surface area contributed by atoms with E-state index in [9.17, 15) is 0 Å². The zero-order chi connectivity index (χ0) is 7.82. The fraction of sp³-hybridized carbons (Fsp3) is 0.625. The molecule has 0 N–H and O–H groups in total. The fourth-order valence-electron chi connectivity index (χ4n) is 0.205. The van der Waals surface area contributed by atoms with Gasteiger partial charge in [0.25, 0.3) is 0 Å². The Bertz CT molecular complexity index is 110. The van der Waals surface area contributed by atoms with Gasteiger partial charge < -0.3 is 0 Å². The van der Waals surface area contributed by atoms with Crippen LogP contribution in [0.5, 0.6) is 0 Å². The first-order valence-corrected chi connectivity index (χ1v) is 3.32. The summed E-state index contributed by atoms with van der Waals surface area (Å²) in [6.45, 7) is 6.50. The van der Waals surface area contributed by atoms with Crippen molar-refractivity contribution in [3.05, 3.63) is 18.5 Å². The van der Waals surface area contributed by atoms with Crippen molar-refractivity contribution in [3.63, 3.8) is 0 Å². The lowest BCUT2D eigenvalue weighted by molar-refractivity contribution is 0.737. The standard InChI is InChI=1S/C4H10.C3H3N3.CH4/c1-4(2)3;1-2-4-6-5-3-1;/h4H,1-3H3;1-3H;1H4. The summed E-state index contributed by atoms with van der Waals surface area (Å²) in [6, 6.07) is 1.72. The molecule has 0 saturated heterocycles. The lowest BCUT2D eigenvalue weighted by Gasteiger charge is -1.79. The Labute approximate surface area is 68.9 Å². The molecule has 0 aliphatic heterocycles. The molecule has 3 nitrogen and oxygen atoms in total. The van der Waals surface area contributed by atoms with Crippen LogP contribution in [0, 0.1) is 5.92 Å². The second-order valence-electron chi connectivity index (χ2n) is 2.54. The summed E-state index contributed by atoms with van der Waals surface area (Å²) in [4.78, 5) is 0. The van der Waals surface area contributed by atoms with Crippen molar-refractivity contribution in [1.82, 2.24) is 15.4 Å². The molecule has 1 heterocycles. The summed E-state index contributed by atoms with van der Waals surface area (Å²) in [5.74, 6) is 0.833. The zero-order valence-corrected chi connectivity index (χ0v) is 6.65. The Hall–Kier alpha value is -0.990. The highest BCUT2D eigenvalue weighted by molar-refractivity contribution is 4.69. The van der Waals surface area contributed by atoms with Gasteiger partial charge in [0.15, 0.2) is 0 Å². The molecule has 0 saturated carbocycles. The van der Waals surface area contributed by atoms with Crippen LogP contribution < -0.4 is 0 Å². The molecule has 0 spiro atoms. The van der Waals surface area contributed by atoms with Crippen LogP contribution in [0.2, 0.25) is 0 Å². The van der Waals surface area contributed by atoms with Gasteiger partial charge in [0.1, 0.15) is 0 Å². The SMILES string of the molecule is C.CC(C)C.c1cnnnc1. The number of nitrogens with zero attached hydrogens (tertiary/aromatic N) is 3. The number of aromatic nitrogens is 3. The highest BCUT2D eigenvalue weighted by Crippen LogP contribution is 1.81. The van der Waals surface area contributed by atoms with Crippen LogP contribution in [0.3, 0.4) is 0 Å². The van der Waals surface area contributed by atoms with Gasteiger partial charge in [0, 0.05) is 0 Å². The maximum Gasteiger partial charge on any atom is 0.0529 e. The molecule has 0 unspecified atom stereocenters. The molecule has 0 amide bonds. The van der Waals surface area contributed by atoms with E-state index in [0.717, 1.165) is 5.92 Å². The summed E-state index contributed by atoms with van der Waals surface area (Å²) in [7, 11) is 0. The van der Waals surface area contributed by atoms with Crippen molar-refractivity contribution in [2.45, 2.75) is 28.2 Å². The Balaban J connectivity index is 0. The van der Waals surface area contributed by atoms with Crippen LogP contribution in [0.4, 0.5) is 0 Å². The predicted molar refractivity (Wildman–Crippen MR) is 47.1 cm³/mol. The van der Waals surface area contributed by atoms with Gasteiger partial charge in [-0.25, -0.2) is 0 Å². The molecule has 0 bridgehead atoms. The van der Waals surface area contributed by atoms with Gasteiger partial charge in [0.05, 0.1) is 12.4 Å². The van der Waals surface area contributed by atoms with E-state index in [1.54, 1.807) is 18.5 Å². The quantitative estimate of drug-likeness (QED) is 0.576. The first-order chi connectivity index (χ1) is 4.73. The monoisotopic (exact) mass is 155 g/mol. The molecule has 11 heavy (non-hydrogen) atoms. The fourth-order valence-corrected chi connectivity index (χ4v) is 0.205. The third kappa shape index (κ3) is 17.6. The number of rotatable bonds is 0. The Kier molecular flexibility index (Phi) is 10.4. The average molecular weight is 155 g/mol. The van der Waals surface area contributed by atoms with Crippen molar-refractivity contribution >= 4 is 0 Å². The molecular weight excluding hydrogens is 138 g/mol. The van der Waals surface area contributed by atoms with Gasteiger partial charge in [0.2, 0.25) is 0 Å². The molecule has 1 aromatic heterocycles. The van der Waals surface area contributed by atoms with E-state index < -0.39 is 0 Å². The van der Waals surface area contributed by atoms with Crippen molar-refractivity contribution in [1.29, 1.82) is 0 Å². The third-order valence-electron chi connectivity index (χ3n) is 0.409. The average Bonchev–Trinajstić information content (AvgIpc) is 1.90. The molecule has 0 radical (unpaired) electrons. The van der Waals surface area contributed by atoms with E-state index in [4.69, 9.17) is 0 Å². The Morgan fingerprint density at radius 1 is 1.00 bits per heavy atom. The van der Waals surface area contributed by atoms with E-state index in [2.05, 4.69) is 36.2 Å². The zero-order valence-electron chi connectivity index (χ0n) is 6.65. The summed E-state index contributed by atoms with van der Waals surface area (Å²) in [6.07, 6.45) is 3.15. The minimum atomic E-state index is 0. The molecule has 0 aliphatic rings. The molecule has 0 fully saturated rings. The van der Waals surface area contributed by atoms with Crippen molar-refractivity contribution in [3.8, 4) is 0 Å². The predicted octanol–water partition coefficient (Wildman–Crippen LogP) is 2.17. The summed E-state index contributed by atoms with van der Waals surface area (Å²) in [5.41, 5.74) is 0. The van der Waals surface area contributed by atoms with Crippen molar-refractivity contribution in [2.75, 3.05) is 0 Å². The van der Waals surface area contributed by atoms with Gasteiger partial charge >= 0.3 is 0 Å². The van der Waals surface area contributed by atoms with Crippen LogP contribution in [0.15, 0.2) is 18.5 Å². The van der Waals surface area contributed by atoms with E-state index >= 15 is 0 Å². The minimum absolute atomic E-state index is 0. The van der Waals surface area contributed by atoms with Crippen LogP contribution in [-0.4, -0.2) is 15.4 Å². The van der Waals surface area contributed by atoms with Gasteiger partial charge in [-0.1, -0.05) is 28.2 Å². The summed E-state index contributed by atoms with van der Waals surface area (Å²) < 4.78 is 0. The first-order valence-electron chi connectivity index (χ1n) is 3.32. The smallest absolute Gasteiger partial charge is 0.0529 e. The second kappa shape index (κ2) is 9.01. The van der Waals surface area contributed by atoms with Crippen molar-refractivity contribution in [2.24, 2.45) is 5.92 Å². The third-order valence-corrected chi connectivity index (χ3v) is 0.409. The highest BCUT2D eigenvalue weighted by atomic mass is 15.3. The topological polar surface area (TPSA) is 38.7 Å². The van der Waals surface area contributed by atoms with Crippen molar-refractivity contribution < 1.29 is 0 Å². The lowest BCUT2D eigenvalue weighted by Crippen LogP contribution is -1.78. The van der Waals surface area contributed by atoms with Gasteiger partial charge in [-0.15, -0.1) is 10.2 Å². The Morgan fingerprint density at radius 3 is 1.45 bits per heavy atom. The molecule has 3 heteroatoms. The van der Waals surface area contributed by atoms with Crippen LogP contribution in [0.25, 0.3) is 0 Å². The molecule has 1 aromatic rings. The van der Waals surface area contributed by atoms with E-state index in [1.165, 1.54) is 0 Å². The first kappa shape index (κ1) is 12.7. The van der Waals surface area contributed by atoms with Crippen LogP contribution in [0.1, 0.15) is 28.2 Å². The minimum Gasteiger partial charge on any atom is -0.139 e. The molecule has 0 aliphatic carbocycles. The highest BCUT2D eigenvalue weighted by Gasteiger charge is 1.68. The van der Waals surface area contributed by atoms with E-state index in [-0.39, 0.29) is 7.43 Å². The second-order valence-corrected chi connectivity index (χ2v) is 2.54. The van der Waals surface area contributed by atoms with E-state index in [1.807, 2.05) is 0 Å². The van der Waals surface area contributed by atoms with Gasteiger partial charge in [-0.2, -0.15) is 0 Å². The maximum absolute atomic E-state index is 3.42.